The number of carbonyl (C=O) groups excluding carboxylic acids is 2. The van der Waals surface area contributed by atoms with E-state index in [0.29, 0.717) is 24.4 Å². The van der Waals surface area contributed by atoms with Gasteiger partial charge in [0, 0.05) is 36.3 Å². The minimum Gasteiger partial charge on any atom is -0.384 e. The van der Waals surface area contributed by atoms with Crippen LogP contribution in [0, 0.1) is 5.82 Å². The van der Waals surface area contributed by atoms with Gasteiger partial charge in [-0.1, -0.05) is 17.7 Å². The average molecular weight is 540 g/mol. The summed E-state index contributed by atoms with van der Waals surface area (Å²) in [6.07, 6.45) is 2.19. The first kappa shape index (κ1) is 26.3. The third kappa shape index (κ3) is 4.47. The lowest BCUT2D eigenvalue weighted by molar-refractivity contribution is 0.0572. The highest BCUT2D eigenvalue weighted by atomic mass is 35.5. The molecule has 0 aliphatic carbocycles. The molecule has 0 fully saturated rings. The van der Waals surface area contributed by atoms with Gasteiger partial charge in [0.25, 0.3) is 11.8 Å². The Morgan fingerprint density at radius 3 is 2.58 bits per heavy atom. The molecule has 2 aromatic heterocycles. The fourth-order valence-electron chi connectivity index (χ4n) is 5.28. The average Bonchev–Trinajstić information content (AvgIpc) is 3.25. The van der Waals surface area contributed by atoms with Gasteiger partial charge in [-0.15, -0.1) is 0 Å². The molecule has 3 aromatic rings. The Morgan fingerprint density at radius 2 is 1.95 bits per heavy atom. The molecule has 2 amide bonds. The summed E-state index contributed by atoms with van der Waals surface area (Å²) < 4.78 is 15.9. The SMILES string of the molecule is C[C@@H]1Cc2nn3c(c2CN1C(=O)c1ccc(Cl)c(F)c1)C(=O)N([C@@H](C)c1ccc(C(C)(C)O)nc1)C[C@H]3C. The first-order valence-corrected chi connectivity index (χ1v) is 13.1. The van der Waals surface area contributed by atoms with Crippen LogP contribution in [-0.2, 0) is 18.6 Å². The first-order chi connectivity index (χ1) is 17.9. The van der Waals surface area contributed by atoms with Crippen LogP contribution in [0.2, 0.25) is 5.02 Å². The molecule has 0 unspecified atom stereocenters. The summed E-state index contributed by atoms with van der Waals surface area (Å²) in [5.41, 5.74) is 2.59. The van der Waals surface area contributed by atoms with E-state index in [4.69, 9.17) is 16.7 Å². The lowest BCUT2D eigenvalue weighted by Crippen LogP contribution is -2.45. The van der Waals surface area contributed by atoms with Gasteiger partial charge in [0.2, 0.25) is 0 Å². The molecule has 38 heavy (non-hydrogen) atoms. The van der Waals surface area contributed by atoms with Crippen LogP contribution in [0.25, 0.3) is 0 Å². The van der Waals surface area contributed by atoms with Gasteiger partial charge in [-0.2, -0.15) is 5.10 Å². The predicted molar refractivity (Wildman–Crippen MR) is 140 cm³/mol. The molecule has 1 aromatic carbocycles. The van der Waals surface area contributed by atoms with E-state index in [2.05, 4.69) is 4.98 Å². The van der Waals surface area contributed by atoms with Gasteiger partial charge < -0.3 is 14.9 Å². The van der Waals surface area contributed by atoms with Crippen LogP contribution in [0.3, 0.4) is 0 Å². The van der Waals surface area contributed by atoms with Crippen molar-refractivity contribution in [2.24, 2.45) is 0 Å². The van der Waals surface area contributed by atoms with Crippen LogP contribution in [0.5, 0.6) is 0 Å². The molecule has 2 aliphatic rings. The zero-order valence-electron chi connectivity index (χ0n) is 22.1. The molecule has 200 valence electrons. The summed E-state index contributed by atoms with van der Waals surface area (Å²) >= 11 is 5.80. The maximum absolute atomic E-state index is 14.1. The molecule has 8 nitrogen and oxygen atoms in total. The van der Waals surface area contributed by atoms with E-state index in [0.717, 1.165) is 22.9 Å². The third-order valence-corrected chi connectivity index (χ3v) is 7.88. The minimum absolute atomic E-state index is 0.0417. The van der Waals surface area contributed by atoms with Crippen molar-refractivity contribution in [2.45, 2.75) is 71.3 Å². The Balaban J connectivity index is 1.45. The Labute approximate surface area is 226 Å². The highest BCUT2D eigenvalue weighted by Gasteiger charge is 2.40. The molecular formula is C28H31ClFN5O3. The normalized spacial score (nSPS) is 20.3. The van der Waals surface area contributed by atoms with Crippen molar-refractivity contribution < 1.29 is 19.1 Å². The van der Waals surface area contributed by atoms with E-state index < -0.39 is 11.4 Å². The number of amides is 2. The highest BCUT2D eigenvalue weighted by molar-refractivity contribution is 6.30. The molecule has 4 heterocycles. The topological polar surface area (TPSA) is 91.6 Å². The van der Waals surface area contributed by atoms with E-state index in [1.54, 1.807) is 35.7 Å². The number of halogens is 2. The maximum atomic E-state index is 14.1. The summed E-state index contributed by atoms with van der Waals surface area (Å²) in [6, 6.07) is 7.20. The number of rotatable bonds is 4. The van der Waals surface area contributed by atoms with Gasteiger partial charge >= 0.3 is 0 Å². The molecule has 0 saturated heterocycles. The van der Waals surface area contributed by atoms with Gasteiger partial charge in [0.05, 0.1) is 35.0 Å². The van der Waals surface area contributed by atoms with Gasteiger partial charge in [-0.25, -0.2) is 4.39 Å². The number of pyridine rings is 1. The Bertz CT molecular complexity index is 1420. The molecule has 0 spiro atoms. The van der Waals surface area contributed by atoms with Gasteiger partial charge in [0.1, 0.15) is 17.1 Å². The summed E-state index contributed by atoms with van der Waals surface area (Å²) in [5, 5.41) is 15.0. The van der Waals surface area contributed by atoms with Gasteiger partial charge in [-0.3, -0.25) is 19.3 Å². The molecule has 2 aliphatic heterocycles. The predicted octanol–water partition coefficient (Wildman–Crippen LogP) is 4.66. The van der Waals surface area contributed by atoms with E-state index in [9.17, 15) is 19.1 Å². The van der Waals surface area contributed by atoms with Crippen molar-refractivity contribution in [1.82, 2.24) is 24.6 Å². The van der Waals surface area contributed by atoms with Crippen molar-refractivity contribution >= 4 is 23.4 Å². The summed E-state index contributed by atoms with van der Waals surface area (Å²) in [4.78, 5) is 35.1. The Hall–Kier alpha value is -3.30. The first-order valence-electron chi connectivity index (χ1n) is 12.7. The summed E-state index contributed by atoms with van der Waals surface area (Å²) in [7, 11) is 0. The number of fused-ring (bicyclic) bond motifs is 3. The van der Waals surface area contributed by atoms with Crippen molar-refractivity contribution in [3.63, 3.8) is 0 Å². The molecule has 0 bridgehead atoms. The van der Waals surface area contributed by atoms with Crippen molar-refractivity contribution in [1.29, 1.82) is 0 Å². The molecule has 0 radical (unpaired) electrons. The van der Waals surface area contributed by atoms with Crippen LogP contribution in [0.4, 0.5) is 4.39 Å². The minimum atomic E-state index is -1.05. The molecule has 3 atom stereocenters. The summed E-state index contributed by atoms with van der Waals surface area (Å²) in [5.74, 6) is -1.13. The van der Waals surface area contributed by atoms with E-state index >= 15 is 0 Å². The van der Waals surface area contributed by atoms with Crippen molar-refractivity contribution in [3.05, 3.63) is 81.1 Å². The van der Waals surface area contributed by atoms with Crippen LogP contribution >= 0.6 is 11.6 Å². The second-order valence-corrected chi connectivity index (χ2v) is 11.3. The van der Waals surface area contributed by atoms with Gasteiger partial charge in [-0.05, 0) is 64.4 Å². The smallest absolute Gasteiger partial charge is 0.273 e. The van der Waals surface area contributed by atoms with Crippen molar-refractivity contribution in [2.75, 3.05) is 6.54 Å². The lowest BCUT2D eigenvalue weighted by Gasteiger charge is -2.37. The summed E-state index contributed by atoms with van der Waals surface area (Å²) in [6.45, 7) is 9.94. The second kappa shape index (κ2) is 9.47. The van der Waals surface area contributed by atoms with Crippen LogP contribution < -0.4 is 0 Å². The van der Waals surface area contributed by atoms with E-state index in [1.165, 1.54) is 12.1 Å². The maximum Gasteiger partial charge on any atom is 0.273 e. The molecular weight excluding hydrogens is 509 g/mol. The van der Waals surface area contributed by atoms with E-state index in [1.807, 2.05) is 31.7 Å². The standard InChI is InChI=1S/C28H31ClFN5O3/c1-15-10-23-20(14-33(15)26(36)18-6-8-21(29)22(30)11-18)25-27(37)34(13-16(2)35(25)32-23)17(3)19-7-9-24(31-12-19)28(4,5)38/h6-9,11-12,15-17,38H,10,13-14H2,1-5H3/t15-,16-,17+/m1/s1. The van der Waals surface area contributed by atoms with Crippen LogP contribution in [-0.4, -0.2) is 54.1 Å². The zero-order valence-corrected chi connectivity index (χ0v) is 22.8. The molecule has 10 heteroatoms. The van der Waals surface area contributed by atoms with E-state index in [-0.39, 0.29) is 47.1 Å². The van der Waals surface area contributed by atoms with Crippen LogP contribution in [0.15, 0.2) is 36.5 Å². The van der Waals surface area contributed by atoms with Gasteiger partial charge in [0.15, 0.2) is 0 Å². The van der Waals surface area contributed by atoms with Crippen molar-refractivity contribution in [3.8, 4) is 0 Å². The molecule has 5 rings (SSSR count). The number of benzene rings is 1. The third-order valence-electron chi connectivity index (χ3n) is 7.57. The number of aromatic nitrogens is 3. The molecule has 1 N–H and O–H groups in total. The largest absolute Gasteiger partial charge is 0.384 e. The molecule has 0 saturated carbocycles. The Morgan fingerprint density at radius 1 is 1.21 bits per heavy atom. The lowest BCUT2D eigenvalue weighted by atomic mass is 9.96. The Kier molecular flexibility index (Phi) is 6.55. The fraction of sp³-hybridized carbons (Fsp3) is 0.429. The highest BCUT2D eigenvalue weighted by Crippen LogP contribution is 2.35. The number of aliphatic hydroxyl groups is 1. The van der Waals surface area contributed by atoms with Crippen LogP contribution in [0.1, 0.15) is 90.1 Å². The number of nitrogens with zero attached hydrogens (tertiary/aromatic N) is 5. The fourth-order valence-corrected chi connectivity index (χ4v) is 5.40. The second-order valence-electron chi connectivity index (χ2n) is 10.9. The quantitative estimate of drug-likeness (QED) is 0.520. The monoisotopic (exact) mass is 539 g/mol. The number of carbonyl (C=O) groups is 2. The number of hydrogen-bond donors (Lipinski definition) is 1. The number of hydrogen-bond acceptors (Lipinski definition) is 5. The zero-order chi connectivity index (χ0) is 27.5.